The molecule has 2 aromatic rings. The highest BCUT2D eigenvalue weighted by Crippen LogP contribution is 2.28. The molecule has 1 N–H and O–H groups in total. The Morgan fingerprint density at radius 1 is 1.26 bits per heavy atom. The Morgan fingerprint density at radius 2 is 2.05 bits per heavy atom. The minimum Gasteiger partial charge on any atom is -0.495 e. The topological polar surface area (TPSA) is 51.2 Å². The molecule has 6 heteroatoms. The van der Waals surface area contributed by atoms with Crippen LogP contribution in [0.4, 0.5) is 5.69 Å². The van der Waals surface area contributed by atoms with Gasteiger partial charge in [-0.1, -0.05) is 23.2 Å². The Labute approximate surface area is 120 Å². The van der Waals surface area contributed by atoms with Crippen LogP contribution < -0.4 is 10.1 Å². The molecule has 19 heavy (non-hydrogen) atoms. The van der Waals surface area contributed by atoms with Crippen LogP contribution in [0.15, 0.2) is 36.5 Å². The highest BCUT2D eigenvalue weighted by molar-refractivity contribution is 6.31. The number of benzene rings is 1. The summed E-state index contributed by atoms with van der Waals surface area (Å²) < 4.78 is 5.15. The Balaban J connectivity index is 2.26. The summed E-state index contributed by atoms with van der Waals surface area (Å²) in [5, 5.41) is 3.47. The molecule has 1 aromatic carbocycles. The summed E-state index contributed by atoms with van der Waals surface area (Å²) >= 11 is 11.6. The van der Waals surface area contributed by atoms with Crippen molar-refractivity contribution in [1.82, 2.24) is 4.98 Å². The highest BCUT2D eigenvalue weighted by Gasteiger charge is 2.10. The number of nitrogens with zero attached hydrogens (tertiary/aromatic N) is 1. The molecule has 0 unspecified atom stereocenters. The lowest BCUT2D eigenvalue weighted by Crippen LogP contribution is -2.12. The average molecular weight is 297 g/mol. The highest BCUT2D eigenvalue weighted by atomic mass is 35.5. The van der Waals surface area contributed by atoms with Gasteiger partial charge in [0.15, 0.2) is 0 Å². The molecule has 0 aliphatic heterocycles. The fourth-order valence-corrected chi connectivity index (χ4v) is 1.86. The molecule has 1 aromatic heterocycles. The summed E-state index contributed by atoms with van der Waals surface area (Å²) in [4.78, 5) is 15.9. The number of aromatic nitrogens is 1. The second-order valence-corrected chi connectivity index (χ2v) is 4.49. The number of methoxy groups -OCH3 is 1. The molecule has 0 aliphatic rings. The summed E-state index contributed by atoms with van der Waals surface area (Å²) in [6.45, 7) is 0. The maximum Gasteiger partial charge on any atom is 0.255 e. The average Bonchev–Trinajstić information content (AvgIpc) is 2.39. The third-order valence-corrected chi connectivity index (χ3v) is 2.84. The first kappa shape index (κ1) is 13.6. The van der Waals surface area contributed by atoms with Gasteiger partial charge in [-0.25, -0.2) is 4.98 Å². The third-order valence-electron chi connectivity index (χ3n) is 2.40. The van der Waals surface area contributed by atoms with Gasteiger partial charge in [-0.2, -0.15) is 0 Å². The molecule has 0 spiro atoms. The quantitative estimate of drug-likeness (QED) is 0.880. The van der Waals surface area contributed by atoms with Crippen LogP contribution in [0.2, 0.25) is 10.2 Å². The zero-order chi connectivity index (χ0) is 13.8. The van der Waals surface area contributed by atoms with Crippen molar-refractivity contribution in [1.29, 1.82) is 0 Å². The predicted molar refractivity (Wildman–Crippen MR) is 75.2 cm³/mol. The van der Waals surface area contributed by atoms with Crippen LogP contribution in [-0.4, -0.2) is 18.0 Å². The molecular weight excluding hydrogens is 287 g/mol. The second-order valence-electron chi connectivity index (χ2n) is 3.67. The van der Waals surface area contributed by atoms with Crippen molar-refractivity contribution in [2.45, 2.75) is 0 Å². The van der Waals surface area contributed by atoms with E-state index >= 15 is 0 Å². The van der Waals surface area contributed by atoms with E-state index in [1.165, 1.54) is 19.4 Å². The molecule has 0 saturated carbocycles. The van der Waals surface area contributed by atoms with Crippen LogP contribution in [0.25, 0.3) is 0 Å². The summed E-state index contributed by atoms with van der Waals surface area (Å²) in [6, 6.07) is 8.02. The number of rotatable bonds is 3. The number of nitrogens with one attached hydrogen (secondary N) is 1. The molecule has 2 rings (SSSR count). The first-order valence-corrected chi connectivity index (χ1v) is 6.12. The van der Waals surface area contributed by atoms with E-state index in [4.69, 9.17) is 27.9 Å². The lowest BCUT2D eigenvalue weighted by Gasteiger charge is -2.10. The standard InChI is InChI=1S/C13H10Cl2N2O2/c1-19-11-3-2-9(14)7-10(11)17-13(18)8-4-5-16-12(15)6-8/h2-7H,1H3,(H,17,18). The van der Waals surface area contributed by atoms with E-state index < -0.39 is 0 Å². The first-order valence-electron chi connectivity index (χ1n) is 5.36. The van der Waals surface area contributed by atoms with Gasteiger partial charge >= 0.3 is 0 Å². The van der Waals surface area contributed by atoms with E-state index in [1.54, 1.807) is 24.3 Å². The molecule has 98 valence electrons. The molecule has 0 fully saturated rings. The van der Waals surface area contributed by atoms with Crippen LogP contribution >= 0.6 is 23.2 Å². The monoisotopic (exact) mass is 296 g/mol. The fourth-order valence-electron chi connectivity index (χ4n) is 1.52. The van der Waals surface area contributed by atoms with Gasteiger partial charge in [-0.3, -0.25) is 4.79 Å². The van der Waals surface area contributed by atoms with E-state index in [2.05, 4.69) is 10.3 Å². The molecule has 4 nitrogen and oxygen atoms in total. The first-order chi connectivity index (χ1) is 9.10. The van der Waals surface area contributed by atoms with Crippen LogP contribution in [0, 0.1) is 0 Å². The summed E-state index contributed by atoms with van der Waals surface area (Å²) in [5.41, 5.74) is 0.898. The van der Waals surface area contributed by atoms with Crippen LogP contribution in [0.3, 0.4) is 0 Å². The van der Waals surface area contributed by atoms with E-state index in [0.29, 0.717) is 22.0 Å². The normalized spacial score (nSPS) is 10.1. The number of pyridine rings is 1. The minimum atomic E-state index is -0.315. The SMILES string of the molecule is COc1ccc(Cl)cc1NC(=O)c1ccnc(Cl)c1. The van der Waals surface area contributed by atoms with E-state index in [9.17, 15) is 4.79 Å². The number of anilines is 1. The molecule has 1 heterocycles. The number of carbonyl (C=O) groups excluding carboxylic acids is 1. The number of amides is 1. The number of ether oxygens (including phenoxy) is 1. The number of halogens is 2. The molecule has 1 amide bonds. The zero-order valence-electron chi connectivity index (χ0n) is 9.98. The maximum absolute atomic E-state index is 12.0. The van der Waals surface area contributed by atoms with Gasteiger partial charge in [-0.05, 0) is 30.3 Å². The van der Waals surface area contributed by atoms with Crippen molar-refractivity contribution in [2.24, 2.45) is 0 Å². The third kappa shape index (κ3) is 3.36. The number of hydrogen-bond acceptors (Lipinski definition) is 3. The summed E-state index contributed by atoms with van der Waals surface area (Å²) in [6.07, 6.45) is 1.46. The van der Waals surface area contributed by atoms with Crippen molar-refractivity contribution >= 4 is 34.8 Å². The van der Waals surface area contributed by atoms with Gasteiger partial charge in [0, 0.05) is 16.8 Å². The lowest BCUT2D eigenvalue weighted by atomic mass is 10.2. The van der Waals surface area contributed by atoms with Gasteiger partial charge in [0.2, 0.25) is 0 Å². The van der Waals surface area contributed by atoms with E-state index in [-0.39, 0.29) is 11.1 Å². The number of hydrogen-bond donors (Lipinski definition) is 1. The molecule has 0 bridgehead atoms. The summed E-state index contributed by atoms with van der Waals surface area (Å²) in [7, 11) is 1.52. The van der Waals surface area contributed by atoms with Gasteiger partial charge in [0.05, 0.1) is 12.8 Å². The fraction of sp³-hybridized carbons (Fsp3) is 0.0769. The van der Waals surface area contributed by atoms with Crippen LogP contribution in [0.1, 0.15) is 10.4 Å². The second kappa shape index (κ2) is 5.91. The smallest absolute Gasteiger partial charge is 0.255 e. The van der Waals surface area contributed by atoms with Crippen LogP contribution in [0.5, 0.6) is 5.75 Å². The van der Waals surface area contributed by atoms with Crippen molar-refractivity contribution in [3.8, 4) is 5.75 Å². The Bertz CT molecular complexity index is 617. The van der Waals surface area contributed by atoms with Crippen molar-refractivity contribution in [3.63, 3.8) is 0 Å². The Hall–Kier alpha value is -1.78. The van der Waals surface area contributed by atoms with E-state index in [1.807, 2.05) is 0 Å². The molecule has 0 saturated heterocycles. The van der Waals surface area contributed by atoms with Crippen molar-refractivity contribution < 1.29 is 9.53 Å². The van der Waals surface area contributed by atoms with Gasteiger partial charge in [0.25, 0.3) is 5.91 Å². The van der Waals surface area contributed by atoms with Gasteiger partial charge in [0.1, 0.15) is 10.9 Å². The molecular formula is C13H10Cl2N2O2. The molecule has 0 aliphatic carbocycles. The summed E-state index contributed by atoms with van der Waals surface area (Å²) in [5.74, 6) is 0.211. The van der Waals surface area contributed by atoms with Crippen LogP contribution in [-0.2, 0) is 0 Å². The molecule has 0 atom stereocenters. The minimum absolute atomic E-state index is 0.255. The van der Waals surface area contributed by atoms with Gasteiger partial charge < -0.3 is 10.1 Å². The van der Waals surface area contributed by atoms with Crippen molar-refractivity contribution in [3.05, 3.63) is 52.3 Å². The Morgan fingerprint density at radius 3 is 2.74 bits per heavy atom. The molecule has 0 radical (unpaired) electrons. The number of carbonyl (C=O) groups is 1. The van der Waals surface area contributed by atoms with E-state index in [0.717, 1.165) is 0 Å². The maximum atomic E-state index is 12.0. The Kier molecular flexibility index (Phi) is 4.24. The largest absolute Gasteiger partial charge is 0.495 e. The van der Waals surface area contributed by atoms with Crippen molar-refractivity contribution in [2.75, 3.05) is 12.4 Å². The zero-order valence-corrected chi connectivity index (χ0v) is 11.5. The van der Waals surface area contributed by atoms with Gasteiger partial charge in [-0.15, -0.1) is 0 Å². The lowest BCUT2D eigenvalue weighted by molar-refractivity contribution is 0.102. The predicted octanol–water partition coefficient (Wildman–Crippen LogP) is 3.65.